The smallest absolute Gasteiger partial charge is 0.226 e. The van der Waals surface area contributed by atoms with Crippen molar-refractivity contribution in [3.05, 3.63) is 59.4 Å². The van der Waals surface area contributed by atoms with E-state index in [1.54, 1.807) is 6.20 Å². The van der Waals surface area contributed by atoms with Crippen LogP contribution < -0.4 is 4.74 Å². The number of pyridine rings is 1. The van der Waals surface area contributed by atoms with Crippen molar-refractivity contribution in [2.45, 2.75) is 44.6 Å². The number of fused-ring (bicyclic) bond motifs is 2. The number of nitrogens with zero attached hydrogens (tertiary/aromatic N) is 2. The molecule has 1 saturated carbocycles. The predicted octanol–water partition coefficient (Wildman–Crippen LogP) is 3.90. The van der Waals surface area contributed by atoms with Crippen LogP contribution in [0.2, 0.25) is 0 Å². The molecule has 0 bridgehead atoms. The van der Waals surface area contributed by atoms with E-state index in [9.17, 15) is 4.79 Å². The maximum atomic E-state index is 13.1. The fourth-order valence-corrected chi connectivity index (χ4v) is 4.18. The predicted molar refractivity (Wildman–Crippen MR) is 101 cm³/mol. The Bertz CT molecular complexity index is 818. The second kappa shape index (κ2) is 6.42. The monoisotopic (exact) mass is 350 g/mol. The first kappa shape index (κ1) is 17.1. The van der Waals surface area contributed by atoms with Gasteiger partial charge in [-0.1, -0.05) is 32.0 Å². The number of rotatable bonds is 4. The molecule has 26 heavy (non-hydrogen) atoms. The third-order valence-corrected chi connectivity index (χ3v) is 5.89. The number of ether oxygens (including phenoxy) is 1. The Labute approximate surface area is 155 Å². The first-order chi connectivity index (χ1) is 12.5. The van der Waals surface area contributed by atoms with Gasteiger partial charge in [0, 0.05) is 30.1 Å². The quantitative estimate of drug-likeness (QED) is 0.840. The topological polar surface area (TPSA) is 42.4 Å². The lowest BCUT2D eigenvalue weighted by atomic mass is 9.85. The van der Waals surface area contributed by atoms with Crippen LogP contribution in [0.4, 0.5) is 0 Å². The van der Waals surface area contributed by atoms with Crippen molar-refractivity contribution in [3.8, 4) is 5.75 Å². The molecule has 0 radical (unpaired) electrons. The molecule has 2 aliphatic rings. The lowest BCUT2D eigenvalue weighted by Gasteiger charge is -2.29. The molecule has 4 nitrogen and oxygen atoms in total. The van der Waals surface area contributed by atoms with Gasteiger partial charge in [0.15, 0.2) is 0 Å². The molecule has 0 saturated heterocycles. The number of hydrogen-bond acceptors (Lipinski definition) is 3. The van der Waals surface area contributed by atoms with Crippen molar-refractivity contribution >= 4 is 5.91 Å². The van der Waals surface area contributed by atoms with Gasteiger partial charge in [-0.15, -0.1) is 0 Å². The normalized spacial score (nSPS) is 23.5. The third kappa shape index (κ3) is 2.87. The van der Waals surface area contributed by atoms with Gasteiger partial charge in [-0.2, -0.15) is 0 Å². The number of carbonyl (C=O) groups excluding carboxylic acids is 1. The molecule has 1 aliphatic heterocycles. The van der Waals surface area contributed by atoms with Crippen molar-refractivity contribution in [3.63, 3.8) is 0 Å². The number of aromatic nitrogens is 1. The Morgan fingerprint density at radius 3 is 2.92 bits per heavy atom. The van der Waals surface area contributed by atoms with E-state index < -0.39 is 0 Å². The highest BCUT2D eigenvalue weighted by Crippen LogP contribution is 2.61. The average Bonchev–Trinajstić information content (AvgIpc) is 3.36. The molecule has 136 valence electrons. The summed E-state index contributed by atoms with van der Waals surface area (Å²) in [5.41, 5.74) is 3.44. The highest BCUT2D eigenvalue weighted by Gasteiger charge is 2.61. The van der Waals surface area contributed by atoms with Gasteiger partial charge in [-0.05, 0) is 42.5 Å². The molecular weight excluding hydrogens is 324 g/mol. The summed E-state index contributed by atoms with van der Waals surface area (Å²) in [4.78, 5) is 19.2. The zero-order valence-corrected chi connectivity index (χ0v) is 15.7. The Balaban J connectivity index is 1.55. The second-order valence-electron chi connectivity index (χ2n) is 7.94. The van der Waals surface area contributed by atoms with E-state index in [0.29, 0.717) is 19.1 Å². The van der Waals surface area contributed by atoms with E-state index in [1.165, 1.54) is 11.1 Å². The third-order valence-electron chi connectivity index (χ3n) is 5.89. The van der Waals surface area contributed by atoms with E-state index in [-0.39, 0.29) is 17.2 Å². The van der Waals surface area contributed by atoms with Gasteiger partial charge in [0.05, 0.1) is 18.8 Å². The molecule has 1 aliphatic carbocycles. The molecule has 4 rings (SSSR count). The summed E-state index contributed by atoms with van der Waals surface area (Å²) in [6.07, 6.45) is 3.63. The Morgan fingerprint density at radius 2 is 2.19 bits per heavy atom. The fraction of sp³-hybridized carbons (Fsp3) is 0.455. The van der Waals surface area contributed by atoms with Gasteiger partial charge in [0.25, 0.3) is 0 Å². The molecular formula is C22H26N2O2. The fourth-order valence-electron chi connectivity index (χ4n) is 4.18. The van der Waals surface area contributed by atoms with Gasteiger partial charge in [0.2, 0.25) is 5.91 Å². The standard InChI is InChI=1S/C22H26N2O2/c1-15(2)16-7-8-20-18(12-16)22(9-11-26-20)13-19(22)21(25)24(3)14-17-6-4-5-10-23-17/h4-8,10,12,15,19H,9,11,13-14H2,1-3H3/t19-,22-/m0/s1. The van der Waals surface area contributed by atoms with Crippen LogP contribution in [0.25, 0.3) is 0 Å². The Hall–Kier alpha value is -2.36. The molecule has 2 atom stereocenters. The summed E-state index contributed by atoms with van der Waals surface area (Å²) < 4.78 is 5.88. The van der Waals surface area contributed by atoms with E-state index in [2.05, 4.69) is 37.0 Å². The van der Waals surface area contributed by atoms with Crippen molar-refractivity contribution in [2.75, 3.05) is 13.7 Å². The Morgan fingerprint density at radius 1 is 1.35 bits per heavy atom. The van der Waals surface area contributed by atoms with Gasteiger partial charge in [-0.3, -0.25) is 9.78 Å². The van der Waals surface area contributed by atoms with E-state index in [4.69, 9.17) is 4.74 Å². The number of carbonyl (C=O) groups is 1. The van der Waals surface area contributed by atoms with Crippen LogP contribution in [0.5, 0.6) is 5.75 Å². The van der Waals surface area contributed by atoms with Gasteiger partial charge < -0.3 is 9.64 Å². The number of hydrogen-bond donors (Lipinski definition) is 0. The number of benzene rings is 1. The summed E-state index contributed by atoms with van der Waals surface area (Å²) in [5, 5.41) is 0. The maximum absolute atomic E-state index is 13.1. The molecule has 1 aromatic heterocycles. The largest absolute Gasteiger partial charge is 0.493 e. The summed E-state index contributed by atoms with van der Waals surface area (Å²) >= 11 is 0. The van der Waals surface area contributed by atoms with Gasteiger partial charge in [-0.25, -0.2) is 0 Å². The number of amides is 1. The zero-order chi connectivity index (χ0) is 18.3. The molecule has 0 unspecified atom stereocenters. The first-order valence-electron chi connectivity index (χ1n) is 9.43. The van der Waals surface area contributed by atoms with Crippen LogP contribution in [0, 0.1) is 5.92 Å². The van der Waals surface area contributed by atoms with Crippen LogP contribution >= 0.6 is 0 Å². The Kier molecular flexibility index (Phi) is 4.22. The van der Waals surface area contributed by atoms with Crippen LogP contribution in [0.15, 0.2) is 42.6 Å². The molecule has 4 heteroatoms. The molecule has 1 aromatic carbocycles. The minimum absolute atomic E-state index is 0.0338. The van der Waals surface area contributed by atoms with E-state index >= 15 is 0 Å². The van der Waals surface area contributed by atoms with Crippen molar-refractivity contribution in [1.82, 2.24) is 9.88 Å². The van der Waals surface area contributed by atoms with Gasteiger partial charge >= 0.3 is 0 Å². The molecule has 1 fully saturated rings. The summed E-state index contributed by atoms with van der Waals surface area (Å²) in [5.74, 6) is 1.71. The van der Waals surface area contributed by atoms with Crippen molar-refractivity contribution in [1.29, 1.82) is 0 Å². The van der Waals surface area contributed by atoms with Crippen LogP contribution in [0.1, 0.15) is 49.4 Å². The van der Waals surface area contributed by atoms with Crippen molar-refractivity contribution < 1.29 is 9.53 Å². The highest BCUT2D eigenvalue weighted by atomic mass is 16.5. The SMILES string of the molecule is CC(C)c1ccc2c(c1)[C@]1(CCO2)C[C@H]1C(=O)N(C)Cc1ccccn1. The minimum atomic E-state index is -0.0338. The summed E-state index contributed by atoms with van der Waals surface area (Å²) in [6, 6.07) is 12.3. The van der Waals surface area contributed by atoms with Crippen molar-refractivity contribution in [2.24, 2.45) is 5.92 Å². The zero-order valence-electron chi connectivity index (χ0n) is 15.7. The van der Waals surface area contributed by atoms with Gasteiger partial charge in [0.1, 0.15) is 5.75 Å². The summed E-state index contributed by atoms with van der Waals surface area (Å²) in [6.45, 7) is 5.66. The molecule has 2 aromatic rings. The average molecular weight is 350 g/mol. The van der Waals surface area contributed by atoms with E-state index in [1.807, 2.05) is 30.1 Å². The highest BCUT2D eigenvalue weighted by molar-refractivity contribution is 5.84. The first-order valence-corrected chi connectivity index (χ1v) is 9.43. The second-order valence-corrected chi connectivity index (χ2v) is 7.94. The lowest BCUT2D eigenvalue weighted by Crippen LogP contribution is -2.32. The maximum Gasteiger partial charge on any atom is 0.226 e. The van der Waals surface area contributed by atoms with Crippen LogP contribution in [-0.2, 0) is 16.8 Å². The minimum Gasteiger partial charge on any atom is -0.493 e. The van der Waals surface area contributed by atoms with Crippen LogP contribution in [-0.4, -0.2) is 29.4 Å². The lowest BCUT2D eigenvalue weighted by molar-refractivity contribution is -0.132. The molecule has 0 N–H and O–H groups in total. The van der Waals surface area contributed by atoms with E-state index in [0.717, 1.165) is 24.3 Å². The molecule has 1 amide bonds. The molecule has 1 spiro atoms. The summed E-state index contributed by atoms with van der Waals surface area (Å²) in [7, 11) is 1.88. The molecule has 2 heterocycles. The van der Waals surface area contributed by atoms with Crippen LogP contribution in [0.3, 0.4) is 0 Å².